The van der Waals surface area contributed by atoms with Crippen LogP contribution in [0.3, 0.4) is 0 Å². The molecule has 0 fully saturated rings. The van der Waals surface area contributed by atoms with Crippen LogP contribution in [-0.4, -0.2) is 4.57 Å². The molecule has 0 saturated carbocycles. The van der Waals surface area contributed by atoms with Crippen molar-refractivity contribution in [3.05, 3.63) is 242 Å². The highest BCUT2D eigenvalue weighted by Crippen LogP contribution is 2.43. The van der Waals surface area contributed by atoms with E-state index in [0.29, 0.717) is 0 Å². The van der Waals surface area contributed by atoms with Crippen LogP contribution in [0.1, 0.15) is 26.3 Å². The van der Waals surface area contributed by atoms with Crippen LogP contribution in [0, 0.1) is 0 Å². The molecule has 0 radical (unpaired) electrons. The number of anilines is 3. The average molecular weight is 821 g/mol. The summed E-state index contributed by atoms with van der Waals surface area (Å²) in [4.78, 5) is 2.36. The fourth-order valence-electron chi connectivity index (χ4n) is 9.50. The smallest absolute Gasteiger partial charge is 0.0619 e. The first-order valence-corrected chi connectivity index (χ1v) is 22.3. The molecule has 0 aliphatic heterocycles. The lowest BCUT2D eigenvalue weighted by molar-refractivity contribution is 0.590. The summed E-state index contributed by atoms with van der Waals surface area (Å²) in [6.07, 6.45) is 0. The van der Waals surface area contributed by atoms with Gasteiger partial charge in [-0.25, -0.2) is 0 Å². The van der Waals surface area contributed by atoms with Crippen molar-refractivity contribution in [3.63, 3.8) is 0 Å². The quantitative estimate of drug-likeness (QED) is 0.148. The fraction of sp³-hybridized carbons (Fsp3) is 0.0645. The van der Waals surface area contributed by atoms with Gasteiger partial charge in [-0.15, -0.1) is 0 Å². The first-order chi connectivity index (χ1) is 31.4. The van der Waals surface area contributed by atoms with Crippen molar-refractivity contribution in [3.8, 4) is 50.2 Å². The summed E-state index contributed by atoms with van der Waals surface area (Å²) in [5.41, 5.74) is 17.8. The Bertz CT molecular complexity index is 3420. The van der Waals surface area contributed by atoms with Crippen LogP contribution in [0.4, 0.5) is 17.1 Å². The summed E-state index contributed by atoms with van der Waals surface area (Å²) >= 11 is 0. The second-order valence-electron chi connectivity index (χ2n) is 17.8. The Hall–Kier alpha value is -7.94. The molecular formula is C62H48N2. The summed E-state index contributed by atoms with van der Waals surface area (Å²) in [6, 6.07) is 86.4. The van der Waals surface area contributed by atoms with Gasteiger partial charge < -0.3 is 9.47 Å². The molecule has 0 aliphatic carbocycles. The van der Waals surface area contributed by atoms with Crippen LogP contribution in [0.25, 0.3) is 82.8 Å². The van der Waals surface area contributed by atoms with Gasteiger partial charge in [0.15, 0.2) is 0 Å². The van der Waals surface area contributed by atoms with E-state index >= 15 is 0 Å². The van der Waals surface area contributed by atoms with Gasteiger partial charge in [-0.3, -0.25) is 0 Å². The maximum atomic E-state index is 2.49. The molecule has 1 aromatic heterocycles. The zero-order chi connectivity index (χ0) is 43.2. The SMILES string of the molecule is CC(C)(C)c1ccc(-c2cccc3c4ccccc4n(-c4ccccc4-c4ccc(N(c5ccc(-c6ccccc6)cc5)c5ccc(-c6cccc7ccccc67)cc5)cc4)c23)cc1. The minimum absolute atomic E-state index is 0.0840. The van der Waals surface area contributed by atoms with E-state index in [1.165, 1.54) is 77.1 Å². The van der Waals surface area contributed by atoms with Gasteiger partial charge >= 0.3 is 0 Å². The van der Waals surface area contributed by atoms with Crippen molar-refractivity contribution in [2.45, 2.75) is 26.2 Å². The van der Waals surface area contributed by atoms with E-state index in [-0.39, 0.29) is 5.41 Å². The van der Waals surface area contributed by atoms with Crippen LogP contribution in [0.2, 0.25) is 0 Å². The predicted octanol–water partition coefficient (Wildman–Crippen LogP) is 17.4. The molecule has 64 heavy (non-hydrogen) atoms. The molecule has 11 rings (SSSR count). The molecule has 2 heteroatoms. The van der Waals surface area contributed by atoms with Gasteiger partial charge in [-0.05, 0) is 104 Å². The highest BCUT2D eigenvalue weighted by Gasteiger charge is 2.21. The molecule has 0 atom stereocenters. The molecule has 306 valence electrons. The molecule has 0 spiro atoms. The van der Waals surface area contributed by atoms with Crippen LogP contribution < -0.4 is 4.90 Å². The van der Waals surface area contributed by atoms with Gasteiger partial charge in [0.25, 0.3) is 0 Å². The molecule has 11 aromatic rings. The Morgan fingerprint density at radius 1 is 0.328 bits per heavy atom. The molecule has 0 bridgehead atoms. The highest BCUT2D eigenvalue weighted by molar-refractivity contribution is 6.14. The summed E-state index contributed by atoms with van der Waals surface area (Å²) in [5, 5.41) is 5.00. The molecule has 0 saturated heterocycles. The molecule has 0 unspecified atom stereocenters. The van der Waals surface area contributed by atoms with E-state index in [4.69, 9.17) is 0 Å². The van der Waals surface area contributed by atoms with Gasteiger partial charge in [0.1, 0.15) is 0 Å². The fourth-order valence-corrected chi connectivity index (χ4v) is 9.50. The van der Waals surface area contributed by atoms with Crippen molar-refractivity contribution < 1.29 is 0 Å². The van der Waals surface area contributed by atoms with E-state index in [1.54, 1.807) is 0 Å². The summed E-state index contributed by atoms with van der Waals surface area (Å²) in [6.45, 7) is 6.82. The zero-order valence-corrected chi connectivity index (χ0v) is 36.4. The zero-order valence-electron chi connectivity index (χ0n) is 36.4. The van der Waals surface area contributed by atoms with Gasteiger partial charge in [0.05, 0.1) is 16.7 Å². The number of nitrogens with zero attached hydrogens (tertiary/aromatic N) is 2. The third kappa shape index (κ3) is 7.04. The van der Waals surface area contributed by atoms with Gasteiger partial charge in [0.2, 0.25) is 0 Å². The summed E-state index contributed by atoms with van der Waals surface area (Å²) < 4.78 is 2.49. The number of rotatable bonds is 8. The van der Waals surface area contributed by atoms with Gasteiger partial charge in [0, 0.05) is 39.0 Å². The topological polar surface area (TPSA) is 8.17 Å². The van der Waals surface area contributed by atoms with Crippen molar-refractivity contribution in [1.29, 1.82) is 0 Å². The van der Waals surface area contributed by atoms with Gasteiger partial charge in [-0.2, -0.15) is 0 Å². The van der Waals surface area contributed by atoms with Crippen LogP contribution >= 0.6 is 0 Å². The number of benzene rings is 10. The monoisotopic (exact) mass is 820 g/mol. The molecule has 2 nitrogen and oxygen atoms in total. The third-order valence-corrected chi connectivity index (χ3v) is 12.8. The first-order valence-electron chi connectivity index (χ1n) is 22.3. The van der Waals surface area contributed by atoms with E-state index in [1.807, 2.05) is 0 Å². The largest absolute Gasteiger partial charge is 0.311 e. The molecule has 1 heterocycles. The second-order valence-corrected chi connectivity index (χ2v) is 17.8. The number of hydrogen-bond acceptors (Lipinski definition) is 1. The summed E-state index contributed by atoms with van der Waals surface area (Å²) in [7, 11) is 0. The summed E-state index contributed by atoms with van der Waals surface area (Å²) in [5.74, 6) is 0. The molecule has 0 N–H and O–H groups in total. The lowest BCUT2D eigenvalue weighted by Gasteiger charge is -2.26. The number of aromatic nitrogens is 1. The number of hydrogen-bond donors (Lipinski definition) is 0. The maximum Gasteiger partial charge on any atom is 0.0619 e. The Morgan fingerprint density at radius 2 is 0.781 bits per heavy atom. The van der Waals surface area contributed by atoms with E-state index in [2.05, 4.69) is 267 Å². The number of para-hydroxylation sites is 3. The first kappa shape index (κ1) is 38.9. The average Bonchev–Trinajstić information content (AvgIpc) is 3.69. The highest BCUT2D eigenvalue weighted by atomic mass is 15.1. The predicted molar refractivity (Wildman–Crippen MR) is 273 cm³/mol. The van der Waals surface area contributed by atoms with Crippen molar-refractivity contribution in [1.82, 2.24) is 4.57 Å². The van der Waals surface area contributed by atoms with E-state index in [9.17, 15) is 0 Å². The Kier molecular flexibility index (Phi) is 9.78. The number of fused-ring (bicyclic) bond motifs is 4. The maximum absolute atomic E-state index is 2.49. The second kappa shape index (κ2) is 16.1. The normalized spacial score (nSPS) is 11.7. The van der Waals surface area contributed by atoms with Crippen LogP contribution in [0.15, 0.2) is 237 Å². The van der Waals surface area contributed by atoms with E-state index in [0.717, 1.165) is 28.3 Å². The molecule has 0 aliphatic rings. The third-order valence-electron chi connectivity index (χ3n) is 12.8. The lowest BCUT2D eigenvalue weighted by atomic mass is 9.86. The Balaban J connectivity index is 1.02. The molecular weight excluding hydrogens is 773 g/mol. The van der Waals surface area contributed by atoms with Crippen molar-refractivity contribution in [2.24, 2.45) is 0 Å². The van der Waals surface area contributed by atoms with Crippen molar-refractivity contribution >= 4 is 49.6 Å². The minimum atomic E-state index is 0.0840. The van der Waals surface area contributed by atoms with E-state index < -0.39 is 0 Å². The van der Waals surface area contributed by atoms with Crippen LogP contribution in [-0.2, 0) is 5.41 Å². The standard InChI is InChI=1S/C62H48N2/c1-62(2,3)49-35-27-48(28-36-49)56-23-14-24-58-57-21-10-12-26-60(57)64(61(56)58)59-25-11-9-20-55(59)47-33-41-52(42-34-47)63(50-37-29-44(30-38-50)43-15-5-4-6-16-43)51-39-31-46(32-40-51)54-22-13-18-45-17-7-8-19-53(45)54/h4-42H,1-3H3. The Morgan fingerprint density at radius 3 is 1.47 bits per heavy atom. The van der Waals surface area contributed by atoms with Gasteiger partial charge in [-0.1, -0.05) is 209 Å². The Labute approximate surface area is 376 Å². The van der Waals surface area contributed by atoms with Crippen molar-refractivity contribution in [2.75, 3.05) is 4.90 Å². The van der Waals surface area contributed by atoms with Crippen LogP contribution in [0.5, 0.6) is 0 Å². The molecule has 10 aromatic carbocycles. The molecule has 0 amide bonds. The lowest BCUT2D eigenvalue weighted by Crippen LogP contribution is -2.10. The minimum Gasteiger partial charge on any atom is -0.311 e.